The monoisotopic (exact) mass is 367 g/mol. The summed E-state index contributed by atoms with van der Waals surface area (Å²) < 4.78 is 2.97. The zero-order chi connectivity index (χ0) is 19.7. The second-order valence-corrected chi connectivity index (χ2v) is 7.19. The number of nitrogens with zero attached hydrogens (tertiary/aromatic N) is 4. The normalized spacial score (nSPS) is 12.5. The Morgan fingerprint density at radius 2 is 1.81 bits per heavy atom. The van der Waals surface area contributed by atoms with Crippen LogP contribution in [-0.2, 0) is 11.3 Å². The third kappa shape index (κ3) is 3.77. The maximum Gasteiger partial charge on any atom is 0.278 e. The Labute approximate surface area is 158 Å². The number of carbonyl (C=O) groups excluding carboxylic acids is 1. The van der Waals surface area contributed by atoms with E-state index in [9.17, 15) is 9.59 Å². The standard InChI is InChI=1S/C20H25N5O2/c1-12(2)25-17-10-21-24(20(27)19(17)15(5)23-25)11-18(26)22-14(4)16-8-6-13(3)7-9-16/h6-10,12,14H,11H2,1-5H3,(H,22,26). The molecule has 0 aliphatic heterocycles. The lowest BCUT2D eigenvalue weighted by Crippen LogP contribution is -2.35. The Hall–Kier alpha value is -2.96. The fourth-order valence-corrected chi connectivity index (χ4v) is 3.13. The molecule has 1 atom stereocenters. The van der Waals surface area contributed by atoms with Crippen molar-refractivity contribution < 1.29 is 4.79 Å². The van der Waals surface area contributed by atoms with Gasteiger partial charge in [-0.15, -0.1) is 0 Å². The summed E-state index contributed by atoms with van der Waals surface area (Å²) in [6.07, 6.45) is 1.60. The van der Waals surface area contributed by atoms with Crippen molar-refractivity contribution in [3.63, 3.8) is 0 Å². The summed E-state index contributed by atoms with van der Waals surface area (Å²) in [6.45, 7) is 9.60. The number of aromatic nitrogens is 4. The van der Waals surface area contributed by atoms with Crippen LogP contribution in [0.4, 0.5) is 0 Å². The SMILES string of the molecule is Cc1ccc(C(C)NC(=O)Cn2ncc3c(c(C)nn3C(C)C)c2=O)cc1. The van der Waals surface area contributed by atoms with E-state index in [1.54, 1.807) is 17.8 Å². The van der Waals surface area contributed by atoms with E-state index in [1.807, 2.05) is 52.0 Å². The third-order valence-electron chi connectivity index (χ3n) is 4.63. The predicted molar refractivity (Wildman–Crippen MR) is 105 cm³/mol. The minimum atomic E-state index is -0.296. The molecule has 0 aliphatic carbocycles. The highest BCUT2D eigenvalue weighted by Gasteiger charge is 2.17. The Balaban J connectivity index is 1.81. The van der Waals surface area contributed by atoms with E-state index in [2.05, 4.69) is 15.5 Å². The molecule has 3 rings (SSSR count). The first-order valence-electron chi connectivity index (χ1n) is 9.08. The van der Waals surface area contributed by atoms with Gasteiger partial charge in [-0.05, 0) is 40.2 Å². The van der Waals surface area contributed by atoms with E-state index in [0.717, 1.165) is 5.56 Å². The number of hydrogen-bond acceptors (Lipinski definition) is 4. The van der Waals surface area contributed by atoms with Gasteiger partial charge in [-0.1, -0.05) is 29.8 Å². The number of carbonyl (C=O) groups is 1. The second-order valence-electron chi connectivity index (χ2n) is 7.19. The Kier molecular flexibility index (Phi) is 5.12. The largest absolute Gasteiger partial charge is 0.348 e. The Morgan fingerprint density at radius 3 is 2.44 bits per heavy atom. The van der Waals surface area contributed by atoms with Crippen molar-refractivity contribution in [1.82, 2.24) is 24.9 Å². The molecule has 7 nitrogen and oxygen atoms in total. The first kappa shape index (κ1) is 18.8. The van der Waals surface area contributed by atoms with Gasteiger partial charge >= 0.3 is 0 Å². The molecule has 0 radical (unpaired) electrons. The number of nitrogens with one attached hydrogen (secondary N) is 1. The van der Waals surface area contributed by atoms with Gasteiger partial charge in [0.25, 0.3) is 5.56 Å². The van der Waals surface area contributed by atoms with Gasteiger partial charge in [-0.25, -0.2) is 4.68 Å². The minimum Gasteiger partial charge on any atom is -0.348 e. The molecule has 2 heterocycles. The molecular formula is C20H25N5O2. The van der Waals surface area contributed by atoms with Crippen LogP contribution in [-0.4, -0.2) is 25.5 Å². The lowest BCUT2D eigenvalue weighted by Gasteiger charge is -2.15. The average molecular weight is 367 g/mol. The number of aryl methyl sites for hydroxylation is 2. The summed E-state index contributed by atoms with van der Waals surface area (Å²) >= 11 is 0. The van der Waals surface area contributed by atoms with E-state index < -0.39 is 0 Å². The molecule has 0 bridgehead atoms. The van der Waals surface area contributed by atoms with E-state index >= 15 is 0 Å². The van der Waals surface area contributed by atoms with Gasteiger partial charge < -0.3 is 5.32 Å². The van der Waals surface area contributed by atoms with Crippen LogP contribution in [0.3, 0.4) is 0 Å². The summed E-state index contributed by atoms with van der Waals surface area (Å²) in [6, 6.07) is 7.96. The van der Waals surface area contributed by atoms with Gasteiger partial charge in [-0.3, -0.25) is 14.3 Å². The van der Waals surface area contributed by atoms with Crippen molar-refractivity contribution in [2.45, 2.75) is 53.2 Å². The van der Waals surface area contributed by atoms with E-state index in [-0.39, 0.29) is 30.1 Å². The highest BCUT2D eigenvalue weighted by Crippen LogP contribution is 2.17. The highest BCUT2D eigenvalue weighted by molar-refractivity contribution is 5.81. The fourth-order valence-electron chi connectivity index (χ4n) is 3.13. The summed E-state index contributed by atoms with van der Waals surface area (Å²) in [7, 11) is 0. The topological polar surface area (TPSA) is 81.8 Å². The predicted octanol–water partition coefficient (Wildman–Crippen LogP) is 2.67. The zero-order valence-corrected chi connectivity index (χ0v) is 16.4. The van der Waals surface area contributed by atoms with Crippen LogP contribution in [0.15, 0.2) is 35.3 Å². The summed E-state index contributed by atoms with van der Waals surface area (Å²) in [4.78, 5) is 25.2. The first-order chi connectivity index (χ1) is 12.8. The molecule has 142 valence electrons. The number of fused-ring (bicyclic) bond motifs is 1. The molecule has 2 aromatic heterocycles. The molecule has 0 saturated carbocycles. The molecule has 0 fully saturated rings. The number of rotatable bonds is 5. The molecule has 27 heavy (non-hydrogen) atoms. The quantitative estimate of drug-likeness (QED) is 0.752. The Bertz CT molecular complexity index is 1030. The maximum atomic E-state index is 12.8. The molecule has 3 aromatic rings. The van der Waals surface area contributed by atoms with Crippen LogP contribution >= 0.6 is 0 Å². The summed E-state index contributed by atoms with van der Waals surface area (Å²) in [5, 5.41) is 12.0. The van der Waals surface area contributed by atoms with E-state index in [1.165, 1.54) is 10.2 Å². The minimum absolute atomic E-state index is 0.122. The molecule has 0 spiro atoms. The molecular weight excluding hydrogens is 342 g/mol. The van der Waals surface area contributed by atoms with Gasteiger partial charge in [0.2, 0.25) is 5.91 Å². The highest BCUT2D eigenvalue weighted by atomic mass is 16.2. The fraction of sp³-hybridized carbons (Fsp3) is 0.400. The summed E-state index contributed by atoms with van der Waals surface area (Å²) in [5.41, 5.74) is 3.22. The number of hydrogen-bond donors (Lipinski definition) is 1. The molecule has 1 amide bonds. The maximum absolute atomic E-state index is 12.8. The van der Waals surface area contributed by atoms with Crippen molar-refractivity contribution >= 4 is 16.8 Å². The smallest absolute Gasteiger partial charge is 0.278 e. The van der Waals surface area contributed by atoms with Crippen molar-refractivity contribution in [3.05, 3.63) is 57.6 Å². The molecule has 1 unspecified atom stereocenters. The van der Waals surface area contributed by atoms with Crippen LogP contribution in [0, 0.1) is 13.8 Å². The van der Waals surface area contributed by atoms with Crippen LogP contribution < -0.4 is 10.9 Å². The van der Waals surface area contributed by atoms with Crippen molar-refractivity contribution in [2.24, 2.45) is 0 Å². The van der Waals surface area contributed by atoms with Crippen LogP contribution in [0.5, 0.6) is 0 Å². The van der Waals surface area contributed by atoms with Crippen LogP contribution in [0.1, 0.15) is 49.7 Å². The van der Waals surface area contributed by atoms with Gasteiger partial charge in [0.15, 0.2) is 0 Å². The third-order valence-corrected chi connectivity index (χ3v) is 4.63. The molecule has 7 heteroatoms. The molecule has 0 aliphatic rings. The summed E-state index contributed by atoms with van der Waals surface area (Å²) in [5.74, 6) is -0.258. The Morgan fingerprint density at radius 1 is 1.15 bits per heavy atom. The number of amides is 1. The van der Waals surface area contributed by atoms with Crippen LogP contribution in [0.25, 0.3) is 10.9 Å². The number of benzene rings is 1. The lowest BCUT2D eigenvalue weighted by molar-refractivity contribution is -0.122. The first-order valence-corrected chi connectivity index (χ1v) is 9.08. The van der Waals surface area contributed by atoms with Crippen molar-refractivity contribution in [2.75, 3.05) is 0 Å². The van der Waals surface area contributed by atoms with E-state index in [0.29, 0.717) is 16.6 Å². The molecule has 1 aromatic carbocycles. The van der Waals surface area contributed by atoms with Crippen molar-refractivity contribution in [3.8, 4) is 0 Å². The van der Waals surface area contributed by atoms with Gasteiger partial charge in [-0.2, -0.15) is 10.2 Å². The average Bonchev–Trinajstić information content (AvgIpc) is 2.95. The molecule has 0 saturated heterocycles. The van der Waals surface area contributed by atoms with Gasteiger partial charge in [0, 0.05) is 6.04 Å². The zero-order valence-electron chi connectivity index (χ0n) is 16.4. The van der Waals surface area contributed by atoms with E-state index in [4.69, 9.17) is 0 Å². The molecule has 1 N–H and O–H groups in total. The lowest BCUT2D eigenvalue weighted by atomic mass is 10.1. The van der Waals surface area contributed by atoms with Gasteiger partial charge in [0.05, 0.1) is 28.8 Å². The van der Waals surface area contributed by atoms with Crippen LogP contribution in [0.2, 0.25) is 0 Å². The van der Waals surface area contributed by atoms with Crippen molar-refractivity contribution in [1.29, 1.82) is 0 Å². The van der Waals surface area contributed by atoms with Gasteiger partial charge in [0.1, 0.15) is 6.54 Å². The second kappa shape index (κ2) is 7.34.